The maximum absolute atomic E-state index is 13.0. The van der Waals surface area contributed by atoms with E-state index >= 15 is 0 Å². The third kappa shape index (κ3) is 4.75. The Balaban J connectivity index is 2.97. The Hall–Kier alpha value is -0.650. The maximum atomic E-state index is 13.0. The summed E-state index contributed by atoms with van der Waals surface area (Å²) in [5.74, 6) is 0.0887. The summed E-state index contributed by atoms with van der Waals surface area (Å²) in [6.07, 6.45) is 0.656. The van der Waals surface area contributed by atoms with Crippen molar-refractivity contribution in [2.45, 2.75) is 38.1 Å². The minimum Gasteiger partial charge on any atom is -0.207 e. The Kier molecular flexibility index (Phi) is 5.77. The summed E-state index contributed by atoms with van der Waals surface area (Å²) in [5, 5.41) is 0. The van der Waals surface area contributed by atoms with Crippen LogP contribution in [0.2, 0.25) is 0 Å². The van der Waals surface area contributed by atoms with Gasteiger partial charge in [-0.05, 0) is 43.0 Å². The third-order valence-corrected chi connectivity index (χ3v) is 4.74. The molecule has 0 bridgehead atoms. The Morgan fingerprint density at radius 1 is 1.37 bits per heavy atom. The standard InChI is InChI=1S/C13H19ClFNO2S/c1-9(2)6-12(8-14)16-19(17,18)13-5-4-11(15)7-10(13)3/h4-5,7,9,12,16H,6,8H2,1-3H3. The van der Waals surface area contributed by atoms with Gasteiger partial charge in [0.05, 0.1) is 4.90 Å². The average Bonchev–Trinajstić information content (AvgIpc) is 2.26. The molecule has 1 N–H and O–H groups in total. The van der Waals surface area contributed by atoms with Crippen LogP contribution in [0.5, 0.6) is 0 Å². The van der Waals surface area contributed by atoms with Crippen molar-refractivity contribution >= 4 is 21.6 Å². The minimum atomic E-state index is -3.67. The van der Waals surface area contributed by atoms with Gasteiger partial charge in [-0.25, -0.2) is 17.5 Å². The summed E-state index contributed by atoms with van der Waals surface area (Å²) in [5.41, 5.74) is 0.380. The summed E-state index contributed by atoms with van der Waals surface area (Å²) < 4.78 is 40.0. The van der Waals surface area contributed by atoms with Crippen molar-refractivity contribution in [2.75, 3.05) is 5.88 Å². The summed E-state index contributed by atoms with van der Waals surface area (Å²) in [4.78, 5) is 0.0905. The van der Waals surface area contributed by atoms with E-state index in [1.54, 1.807) is 6.92 Å². The second-order valence-electron chi connectivity index (χ2n) is 5.01. The molecule has 0 spiro atoms. The fraction of sp³-hybridized carbons (Fsp3) is 0.538. The van der Waals surface area contributed by atoms with Gasteiger partial charge in [0.25, 0.3) is 0 Å². The largest absolute Gasteiger partial charge is 0.241 e. The van der Waals surface area contributed by atoms with Gasteiger partial charge >= 0.3 is 0 Å². The Morgan fingerprint density at radius 2 is 2.00 bits per heavy atom. The van der Waals surface area contributed by atoms with Crippen LogP contribution in [0.4, 0.5) is 4.39 Å². The van der Waals surface area contributed by atoms with E-state index in [0.717, 1.165) is 6.07 Å². The summed E-state index contributed by atoms with van der Waals surface area (Å²) in [6, 6.07) is 3.29. The van der Waals surface area contributed by atoms with E-state index in [4.69, 9.17) is 11.6 Å². The Bertz CT molecular complexity index is 531. The van der Waals surface area contributed by atoms with Crippen molar-refractivity contribution in [3.63, 3.8) is 0 Å². The number of nitrogens with one attached hydrogen (secondary N) is 1. The fourth-order valence-electron chi connectivity index (χ4n) is 1.91. The van der Waals surface area contributed by atoms with E-state index in [1.165, 1.54) is 12.1 Å². The minimum absolute atomic E-state index is 0.0905. The molecule has 0 aliphatic rings. The van der Waals surface area contributed by atoms with Gasteiger partial charge in [-0.1, -0.05) is 13.8 Å². The van der Waals surface area contributed by atoms with Crippen LogP contribution in [-0.2, 0) is 10.0 Å². The van der Waals surface area contributed by atoms with Crippen LogP contribution in [0, 0.1) is 18.7 Å². The number of rotatable bonds is 6. The summed E-state index contributed by atoms with van der Waals surface area (Å²) in [7, 11) is -3.67. The quantitative estimate of drug-likeness (QED) is 0.821. The van der Waals surface area contributed by atoms with Gasteiger partial charge in [0.2, 0.25) is 10.0 Å². The second kappa shape index (κ2) is 6.68. The Labute approximate surface area is 119 Å². The zero-order valence-electron chi connectivity index (χ0n) is 11.3. The van der Waals surface area contributed by atoms with Gasteiger partial charge < -0.3 is 0 Å². The van der Waals surface area contributed by atoms with Gasteiger partial charge in [-0.15, -0.1) is 11.6 Å². The molecule has 0 amide bonds. The number of halogens is 2. The zero-order valence-corrected chi connectivity index (χ0v) is 12.9. The van der Waals surface area contributed by atoms with Crippen molar-refractivity contribution in [3.05, 3.63) is 29.6 Å². The van der Waals surface area contributed by atoms with E-state index < -0.39 is 15.8 Å². The molecule has 0 fully saturated rings. The number of benzene rings is 1. The molecule has 1 atom stereocenters. The lowest BCUT2D eigenvalue weighted by Crippen LogP contribution is -2.37. The lowest BCUT2D eigenvalue weighted by Gasteiger charge is -2.18. The van der Waals surface area contributed by atoms with Crippen LogP contribution in [0.1, 0.15) is 25.8 Å². The average molecular weight is 308 g/mol. The highest BCUT2D eigenvalue weighted by Crippen LogP contribution is 2.17. The van der Waals surface area contributed by atoms with Crippen LogP contribution >= 0.6 is 11.6 Å². The van der Waals surface area contributed by atoms with E-state index in [1.807, 2.05) is 13.8 Å². The molecular weight excluding hydrogens is 289 g/mol. The molecule has 0 heterocycles. The van der Waals surface area contributed by atoms with Crippen LogP contribution in [0.3, 0.4) is 0 Å². The predicted octanol–water partition coefficient (Wildman–Crippen LogP) is 3.07. The van der Waals surface area contributed by atoms with Gasteiger partial charge in [-0.2, -0.15) is 0 Å². The lowest BCUT2D eigenvalue weighted by molar-refractivity contribution is 0.485. The van der Waals surface area contributed by atoms with Crippen LogP contribution in [0.25, 0.3) is 0 Å². The molecule has 0 radical (unpaired) electrons. The van der Waals surface area contributed by atoms with Crippen LogP contribution in [-0.4, -0.2) is 20.3 Å². The lowest BCUT2D eigenvalue weighted by atomic mass is 10.1. The van der Waals surface area contributed by atoms with Crippen LogP contribution in [0.15, 0.2) is 23.1 Å². The fourth-order valence-corrected chi connectivity index (χ4v) is 3.68. The van der Waals surface area contributed by atoms with Crippen molar-refractivity contribution in [3.8, 4) is 0 Å². The first-order valence-corrected chi connectivity index (χ1v) is 8.12. The first-order valence-electron chi connectivity index (χ1n) is 6.10. The zero-order chi connectivity index (χ0) is 14.6. The molecule has 3 nitrogen and oxygen atoms in total. The van der Waals surface area contributed by atoms with Crippen molar-refractivity contribution in [1.82, 2.24) is 4.72 Å². The predicted molar refractivity (Wildman–Crippen MR) is 75.4 cm³/mol. The second-order valence-corrected chi connectivity index (χ2v) is 7.00. The highest BCUT2D eigenvalue weighted by Gasteiger charge is 2.22. The van der Waals surface area contributed by atoms with Gasteiger partial charge in [0.1, 0.15) is 5.82 Å². The highest BCUT2D eigenvalue weighted by atomic mass is 35.5. The van der Waals surface area contributed by atoms with E-state index in [9.17, 15) is 12.8 Å². The topological polar surface area (TPSA) is 46.2 Å². The monoisotopic (exact) mass is 307 g/mol. The number of hydrogen-bond donors (Lipinski definition) is 1. The van der Waals surface area contributed by atoms with Gasteiger partial charge in [0, 0.05) is 11.9 Å². The first kappa shape index (κ1) is 16.4. The highest BCUT2D eigenvalue weighted by molar-refractivity contribution is 7.89. The van der Waals surface area contributed by atoms with E-state index in [-0.39, 0.29) is 16.8 Å². The number of sulfonamides is 1. The molecule has 0 aliphatic heterocycles. The Morgan fingerprint density at radius 3 is 2.47 bits per heavy atom. The smallest absolute Gasteiger partial charge is 0.207 e. The molecular formula is C13H19ClFNO2S. The molecule has 0 aromatic heterocycles. The first-order chi connectivity index (χ1) is 8.76. The number of aryl methyl sites for hydroxylation is 1. The van der Waals surface area contributed by atoms with E-state index in [0.29, 0.717) is 17.9 Å². The molecule has 1 unspecified atom stereocenters. The number of alkyl halides is 1. The van der Waals surface area contributed by atoms with Crippen molar-refractivity contribution in [1.29, 1.82) is 0 Å². The molecule has 1 aromatic carbocycles. The van der Waals surface area contributed by atoms with E-state index in [2.05, 4.69) is 4.72 Å². The molecule has 19 heavy (non-hydrogen) atoms. The molecule has 6 heteroatoms. The number of hydrogen-bond acceptors (Lipinski definition) is 2. The molecule has 108 valence electrons. The molecule has 1 rings (SSSR count). The third-order valence-electron chi connectivity index (χ3n) is 2.69. The van der Waals surface area contributed by atoms with Gasteiger partial charge in [-0.3, -0.25) is 0 Å². The SMILES string of the molecule is Cc1cc(F)ccc1S(=O)(=O)NC(CCl)CC(C)C. The normalized spacial score (nSPS) is 13.8. The molecule has 1 aromatic rings. The maximum Gasteiger partial charge on any atom is 0.241 e. The molecule has 0 aliphatic carbocycles. The summed E-state index contributed by atoms with van der Waals surface area (Å²) >= 11 is 5.78. The summed E-state index contributed by atoms with van der Waals surface area (Å²) in [6.45, 7) is 5.56. The van der Waals surface area contributed by atoms with Crippen LogP contribution < -0.4 is 4.72 Å². The van der Waals surface area contributed by atoms with Gasteiger partial charge in [0.15, 0.2) is 0 Å². The molecule has 0 saturated carbocycles. The van der Waals surface area contributed by atoms with Crippen molar-refractivity contribution < 1.29 is 12.8 Å². The van der Waals surface area contributed by atoms with Crippen molar-refractivity contribution in [2.24, 2.45) is 5.92 Å². The molecule has 0 saturated heterocycles.